The third-order valence-electron chi connectivity index (χ3n) is 2.56. The van der Waals surface area contributed by atoms with Gasteiger partial charge in [-0.1, -0.05) is 25.2 Å². The summed E-state index contributed by atoms with van der Waals surface area (Å²) in [7, 11) is 1.78. The smallest absolute Gasteiger partial charge is 0.229 e. The molecule has 2 aromatic heterocycles. The molecule has 18 heavy (non-hydrogen) atoms. The van der Waals surface area contributed by atoms with E-state index in [1.807, 2.05) is 26.0 Å². The van der Waals surface area contributed by atoms with Gasteiger partial charge in [0.25, 0.3) is 0 Å². The summed E-state index contributed by atoms with van der Waals surface area (Å²) < 4.78 is 0. The quantitative estimate of drug-likeness (QED) is 0.853. The normalized spacial score (nSPS) is 10.7. The molecule has 1 amide bonds. The van der Waals surface area contributed by atoms with E-state index in [-0.39, 0.29) is 11.8 Å². The predicted octanol–water partition coefficient (Wildman–Crippen LogP) is 2.82. The Bertz CT molecular complexity index is 536. The molecule has 4 nitrogen and oxygen atoms in total. The highest BCUT2D eigenvalue weighted by molar-refractivity contribution is 7.19. The minimum absolute atomic E-state index is 0.0149. The Hall–Kier alpha value is -1.75. The Kier molecular flexibility index (Phi) is 3.72. The van der Waals surface area contributed by atoms with Crippen molar-refractivity contribution in [2.24, 2.45) is 5.92 Å². The molecule has 0 aromatic carbocycles. The van der Waals surface area contributed by atoms with Gasteiger partial charge in [-0.25, -0.2) is 4.98 Å². The molecule has 0 saturated carbocycles. The molecular formula is C13H15N3OS. The second-order valence-corrected chi connectivity index (χ2v) is 5.31. The summed E-state index contributed by atoms with van der Waals surface area (Å²) in [5.74, 6) is 0.0790. The van der Waals surface area contributed by atoms with E-state index >= 15 is 0 Å². The third-order valence-corrected chi connectivity index (χ3v) is 3.68. The molecule has 0 spiro atoms. The number of thiazole rings is 1. The molecule has 0 aliphatic carbocycles. The van der Waals surface area contributed by atoms with Crippen LogP contribution in [0.2, 0.25) is 0 Å². The number of aromatic nitrogens is 2. The second-order valence-electron chi connectivity index (χ2n) is 4.30. The molecule has 2 rings (SSSR count). The fourth-order valence-electron chi connectivity index (χ4n) is 1.54. The van der Waals surface area contributed by atoms with Crippen LogP contribution in [0.3, 0.4) is 0 Å². The van der Waals surface area contributed by atoms with E-state index < -0.39 is 0 Å². The number of nitrogens with zero attached hydrogens (tertiary/aromatic N) is 3. The number of hydrogen-bond acceptors (Lipinski definition) is 4. The average Bonchev–Trinajstić information content (AvgIpc) is 2.87. The molecule has 5 heteroatoms. The van der Waals surface area contributed by atoms with E-state index in [0.717, 1.165) is 15.6 Å². The second kappa shape index (κ2) is 5.27. The lowest BCUT2D eigenvalue weighted by atomic mass is 10.2. The first-order valence-corrected chi connectivity index (χ1v) is 6.55. The minimum Gasteiger partial charge on any atom is -0.305 e. The van der Waals surface area contributed by atoms with Crippen LogP contribution >= 0.6 is 11.3 Å². The Morgan fingerprint density at radius 2 is 2.17 bits per heavy atom. The molecule has 0 unspecified atom stereocenters. The van der Waals surface area contributed by atoms with Crippen molar-refractivity contribution in [1.82, 2.24) is 9.97 Å². The van der Waals surface area contributed by atoms with E-state index in [4.69, 9.17) is 0 Å². The lowest BCUT2D eigenvalue weighted by molar-refractivity contribution is -0.121. The Labute approximate surface area is 110 Å². The standard InChI is InChI=1S/C13H15N3OS/c1-9(2)13(17)16(3)11-8-15-12(18-11)10-5-4-6-14-7-10/h4-9H,1-3H3. The summed E-state index contributed by atoms with van der Waals surface area (Å²) in [4.78, 5) is 21.9. The summed E-state index contributed by atoms with van der Waals surface area (Å²) in [6.07, 6.45) is 5.23. The van der Waals surface area contributed by atoms with Crippen LogP contribution in [0.15, 0.2) is 30.7 Å². The van der Waals surface area contributed by atoms with Gasteiger partial charge in [0.05, 0.1) is 6.20 Å². The van der Waals surface area contributed by atoms with Crippen LogP contribution in [0.25, 0.3) is 10.6 Å². The van der Waals surface area contributed by atoms with Crippen molar-refractivity contribution in [3.05, 3.63) is 30.7 Å². The maximum atomic E-state index is 11.9. The predicted molar refractivity (Wildman–Crippen MR) is 73.6 cm³/mol. The minimum atomic E-state index is -0.0149. The van der Waals surface area contributed by atoms with Gasteiger partial charge in [0.1, 0.15) is 10.0 Å². The molecular weight excluding hydrogens is 246 g/mol. The summed E-state index contributed by atoms with van der Waals surface area (Å²) in [5.41, 5.74) is 0.971. The number of pyridine rings is 1. The summed E-state index contributed by atoms with van der Waals surface area (Å²) in [5, 5.41) is 1.73. The largest absolute Gasteiger partial charge is 0.305 e. The van der Waals surface area contributed by atoms with Gasteiger partial charge >= 0.3 is 0 Å². The Balaban J connectivity index is 2.24. The van der Waals surface area contributed by atoms with Crippen LogP contribution in [0.5, 0.6) is 0 Å². The van der Waals surface area contributed by atoms with E-state index in [9.17, 15) is 4.79 Å². The van der Waals surface area contributed by atoms with E-state index in [1.54, 1.807) is 30.5 Å². The Morgan fingerprint density at radius 1 is 1.39 bits per heavy atom. The van der Waals surface area contributed by atoms with Gasteiger partial charge in [0.2, 0.25) is 5.91 Å². The van der Waals surface area contributed by atoms with E-state index in [2.05, 4.69) is 9.97 Å². The number of hydrogen-bond donors (Lipinski definition) is 0. The SMILES string of the molecule is CC(C)C(=O)N(C)c1cnc(-c2cccnc2)s1. The lowest BCUT2D eigenvalue weighted by Gasteiger charge is -2.16. The zero-order chi connectivity index (χ0) is 13.1. The van der Waals surface area contributed by atoms with Crippen molar-refractivity contribution < 1.29 is 4.79 Å². The molecule has 0 atom stereocenters. The van der Waals surface area contributed by atoms with Gasteiger partial charge in [0.15, 0.2) is 0 Å². The van der Waals surface area contributed by atoms with E-state index in [0.29, 0.717) is 0 Å². The number of carbonyl (C=O) groups excluding carboxylic acids is 1. The van der Waals surface area contributed by atoms with Crippen molar-refractivity contribution in [1.29, 1.82) is 0 Å². The van der Waals surface area contributed by atoms with Crippen LogP contribution in [0.4, 0.5) is 5.00 Å². The average molecular weight is 261 g/mol. The van der Waals surface area contributed by atoms with Crippen molar-refractivity contribution in [2.45, 2.75) is 13.8 Å². The van der Waals surface area contributed by atoms with Crippen molar-refractivity contribution >= 4 is 22.2 Å². The van der Waals surface area contributed by atoms with Crippen molar-refractivity contribution in [3.8, 4) is 10.6 Å². The van der Waals surface area contributed by atoms with Crippen molar-refractivity contribution in [2.75, 3.05) is 11.9 Å². The molecule has 94 valence electrons. The fraction of sp³-hybridized carbons (Fsp3) is 0.308. The van der Waals surface area contributed by atoms with Crippen molar-refractivity contribution in [3.63, 3.8) is 0 Å². The highest BCUT2D eigenvalue weighted by atomic mass is 32.1. The summed E-state index contributed by atoms with van der Waals surface area (Å²) in [6, 6.07) is 3.83. The monoisotopic (exact) mass is 261 g/mol. The first-order chi connectivity index (χ1) is 8.59. The third kappa shape index (κ3) is 2.56. The first-order valence-electron chi connectivity index (χ1n) is 5.73. The highest BCUT2D eigenvalue weighted by Crippen LogP contribution is 2.30. The lowest BCUT2D eigenvalue weighted by Crippen LogP contribution is -2.29. The molecule has 0 aliphatic heterocycles. The molecule has 0 saturated heterocycles. The molecule has 0 N–H and O–H groups in total. The van der Waals surface area contributed by atoms with Gasteiger partial charge in [-0.3, -0.25) is 9.78 Å². The van der Waals surface area contributed by atoms with Crippen LogP contribution in [0, 0.1) is 5.92 Å². The van der Waals surface area contributed by atoms with Crippen LogP contribution in [-0.2, 0) is 4.79 Å². The highest BCUT2D eigenvalue weighted by Gasteiger charge is 2.17. The molecule has 0 bridgehead atoms. The number of amides is 1. The fourth-order valence-corrected chi connectivity index (χ4v) is 2.41. The number of rotatable bonds is 3. The topological polar surface area (TPSA) is 46.1 Å². The molecule has 2 heterocycles. The van der Waals surface area contributed by atoms with Gasteiger partial charge in [0, 0.05) is 30.9 Å². The number of carbonyl (C=O) groups is 1. The first kappa shape index (κ1) is 12.7. The van der Waals surface area contributed by atoms with Gasteiger partial charge in [-0.2, -0.15) is 0 Å². The van der Waals surface area contributed by atoms with Gasteiger partial charge in [-0.15, -0.1) is 0 Å². The van der Waals surface area contributed by atoms with Gasteiger partial charge in [-0.05, 0) is 12.1 Å². The zero-order valence-corrected chi connectivity index (χ0v) is 11.4. The summed E-state index contributed by atoms with van der Waals surface area (Å²) >= 11 is 1.49. The molecule has 2 aromatic rings. The maximum absolute atomic E-state index is 11.9. The molecule has 0 fully saturated rings. The van der Waals surface area contributed by atoms with Crippen LogP contribution in [-0.4, -0.2) is 22.9 Å². The zero-order valence-electron chi connectivity index (χ0n) is 10.6. The van der Waals surface area contributed by atoms with Gasteiger partial charge < -0.3 is 4.90 Å². The molecule has 0 aliphatic rings. The Morgan fingerprint density at radius 3 is 2.78 bits per heavy atom. The number of anilines is 1. The summed E-state index contributed by atoms with van der Waals surface area (Å²) in [6.45, 7) is 3.78. The van der Waals surface area contributed by atoms with Crippen LogP contribution in [0.1, 0.15) is 13.8 Å². The maximum Gasteiger partial charge on any atom is 0.229 e. The molecule has 0 radical (unpaired) electrons. The van der Waals surface area contributed by atoms with E-state index in [1.165, 1.54) is 11.3 Å². The van der Waals surface area contributed by atoms with Crippen LogP contribution < -0.4 is 4.90 Å².